The summed E-state index contributed by atoms with van der Waals surface area (Å²) in [6.07, 6.45) is 4.78. The van der Waals surface area contributed by atoms with E-state index in [2.05, 4.69) is 9.97 Å². The molecule has 0 amide bonds. The number of hydrogen-bond acceptors (Lipinski definition) is 1. The summed E-state index contributed by atoms with van der Waals surface area (Å²) in [6.45, 7) is 4.00. The fraction of sp³-hybridized carbons (Fsp3) is 0.400. The first kappa shape index (κ1) is 9.51. The van der Waals surface area contributed by atoms with Crippen molar-refractivity contribution in [1.29, 1.82) is 0 Å². The Morgan fingerprint density at radius 1 is 1.38 bits per heavy atom. The Kier molecular flexibility index (Phi) is 10.7. The summed E-state index contributed by atoms with van der Waals surface area (Å²) in [5.74, 6) is 0. The van der Waals surface area contributed by atoms with E-state index in [1.165, 1.54) is 6.33 Å². The Balaban J connectivity index is 0. The number of hydrogen-bond donors (Lipinski definition) is 0. The van der Waals surface area contributed by atoms with Gasteiger partial charge in [0.25, 0.3) is 0 Å². The molecule has 0 fully saturated rings. The summed E-state index contributed by atoms with van der Waals surface area (Å²) in [5, 5.41) is 0. The van der Waals surface area contributed by atoms with Crippen LogP contribution in [0.3, 0.4) is 0 Å². The van der Waals surface area contributed by atoms with Crippen LogP contribution in [0.2, 0.25) is 0 Å². The minimum Gasteiger partial charge on any atom is -0.450 e. The Morgan fingerprint density at radius 3 is 2.12 bits per heavy atom. The van der Waals surface area contributed by atoms with Gasteiger partial charge in [0.05, 0.1) is 0 Å². The normalized spacial score (nSPS) is 5.75. The topological polar surface area (TPSA) is 27.0 Å². The van der Waals surface area contributed by atoms with Crippen molar-refractivity contribution in [3.63, 3.8) is 0 Å². The molecule has 1 aromatic heterocycles. The summed E-state index contributed by atoms with van der Waals surface area (Å²) in [7, 11) is 0. The fourth-order valence-electron chi connectivity index (χ4n) is 0.192. The van der Waals surface area contributed by atoms with Crippen molar-refractivity contribution in [3.8, 4) is 0 Å². The third kappa shape index (κ3) is 4.21. The van der Waals surface area contributed by atoms with Crippen LogP contribution >= 0.6 is 0 Å². The summed E-state index contributed by atoms with van der Waals surface area (Å²) in [5.41, 5.74) is 0. The van der Waals surface area contributed by atoms with Gasteiger partial charge >= 0.3 is 0 Å². The van der Waals surface area contributed by atoms with Gasteiger partial charge < -0.3 is 9.97 Å². The van der Waals surface area contributed by atoms with Crippen LogP contribution in [0.25, 0.3) is 0 Å². The van der Waals surface area contributed by atoms with E-state index in [1.54, 1.807) is 12.4 Å². The largest absolute Gasteiger partial charge is 0.450 e. The van der Waals surface area contributed by atoms with Gasteiger partial charge in [-0.25, -0.2) is 0 Å². The molecule has 2 nitrogen and oxygen atoms in total. The second-order valence-corrected chi connectivity index (χ2v) is 0.712. The van der Waals surface area contributed by atoms with Crippen LogP contribution in [0, 0.1) is 0 Å². The predicted molar refractivity (Wildman–Crippen MR) is 28.9 cm³/mol. The molecule has 0 aliphatic carbocycles. The molecule has 0 aliphatic rings. The molecule has 0 N–H and O–H groups in total. The van der Waals surface area contributed by atoms with Crippen LogP contribution in [0.15, 0.2) is 18.7 Å². The van der Waals surface area contributed by atoms with Crippen LogP contribution < -0.4 is 4.98 Å². The zero-order valence-electron chi connectivity index (χ0n) is 5.33. The maximum absolute atomic E-state index is 3.61. The zero-order chi connectivity index (χ0) is 5.54. The molecule has 0 spiro atoms. The Labute approximate surface area is 43.6 Å². The molecule has 0 aromatic carbocycles. The molecule has 0 bridgehead atoms. The molecule has 0 saturated carbocycles. The molecule has 1 rings (SSSR count). The average Bonchev–Trinajstić information content (AvgIpc) is 2.23. The summed E-state index contributed by atoms with van der Waals surface area (Å²) in [6, 6.07) is 0. The number of aromatic nitrogens is 2. The molecular formula is C5H9N2Rf-. The van der Waals surface area contributed by atoms with E-state index >= 15 is 0 Å². The van der Waals surface area contributed by atoms with E-state index in [1.807, 2.05) is 13.8 Å². The first-order chi connectivity index (χ1) is 3.50. The maximum atomic E-state index is 3.61. The standard InChI is InChI=1S/C3H3N2.C2H6.Rf/c1-2-5-3-4-1;1-2;/h1-3H;1-2H3;/q-1;;. The predicted octanol–water partition coefficient (Wildman–Crippen LogP) is 1.06. The van der Waals surface area contributed by atoms with Gasteiger partial charge in [-0.05, 0) is 0 Å². The van der Waals surface area contributed by atoms with Gasteiger partial charge in [-0.15, -0.1) is 0 Å². The van der Waals surface area contributed by atoms with Crippen molar-refractivity contribution >= 4 is 0 Å². The minimum atomic E-state index is 0. The van der Waals surface area contributed by atoms with Crippen LogP contribution in [0.4, 0.5) is 0 Å². The van der Waals surface area contributed by atoms with Crippen molar-refractivity contribution in [1.82, 2.24) is 9.97 Å². The smallest absolute Gasteiger partial charge is 0 e. The monoisotopic (exact) mass is 364 g/mol. The zero-order valence-corrected chi connectivity index (χ0v) is 11.7. The molecule has 8 heavy (non-hydrogen) atoms. The molecule has 1 heterocycles. The molecule has 0 radical (unpaired) electrons. The minimum absolute atomic E-state index is 0. The Hall–Kier alpha value is -1.79. The van der Waals surface area contributed by atoms with Crippen molar-refractivity contribution in [2.24, 2.45) is 0 Å². The van der Waals surface area contributed by atoms with Gasteiger partial charge in [-0.2, -0.15) is 0 Å². The first-order valence-corrected chi connectivity index (χ1v) is 2.37. The van der Waals surface area contributed by atoms with Crippen LogP contribution in [0.1, 0.15) is 13.8 Å². The number of imidazole rings is 1. The summed E-state index contributed by atoms with van der Waals surface area (Å²) >= 11 is 0. The third-order valence-corrected chi connectivity index (χ3v) is 0.372. The van der Waals surface area contributed by atoms with Crippen LogP contribution in [0.5, 0.6) is 0 Å². The van der Waals surface area contributed by atoms with Gasteiger partial charge in [-0.1, -0.05) is 32.6 Å². The van der Waals surface area contributed by atoms with Crippen LogP contribution in [-0.4, -0.2) is 4.98 Å². The van der Waals surface area contributed by atoms with Gasteiger partial charge in [0, 0.05) is 0 Å². The van der Waals surface area contributed by atoms with Gasteiger partial charge in [0.15, 0.2) is 0 Å². The third-order valence-electron chi connectivity index (χ3n) is 0.372. The summed E-state index contributed by atoms with van der Waals surface area (Å²) < 4.78 is 0. The second-order valence-electron chi connectivity index (χ2n) is 0.712. The molecule has 0 atom stereocenters. The van der Waals surface area contributed by atoms with Gasteiger partial charge in [0.1, 0.15) is 0 Å². The first-order valence-electron chi connectivity index (χ1n) is 2.37. The Morgan fingerprint density at radius 2 is 2.00 bits per heavy atom. The van der Waals surface area contributed by atoms with Gasteiger partial charge in [-0.3, -0.25) is 0 Å². The van der Waals surface area contributed by atoms with E-state index in [0.29, 0.717) is 0 Å². The van der Waals surface area contributed by atoms with Crippen molar-refractivity contribution in [2.75, 3.05) is 0 Å². The molecule has 3 heteroatoms. The average molecular weight is 364 g/mol. The van der Waals surface area contributed by atoms with Crippen LogP contribution in [-0.2, 0) is 0 Å². The molecule has 1 aromatic rings. The Bertz CT molecular complexity index is 66.9. The van der Waals surface area contributed by atoms with E-state index in [0.717, 1.165) is 0 Å². The fourth-order valence-corrected chi connectivity index (χ4v) is 0.192. The molecular weight excluding hydrogens is 355 g/mol. The SMILES string of the molecule is CC.[Rf].c1c[n-]cn1. The number of nitrogens with zero attached hydrogens (tertiary/aromatic N) is 2. The summed E-state index contributed by atoms with van der Waals surface area (Å²) in [4.78, 5) is 7.22. The molecule has 0 saturated heterocycles. The number of rotatable bonds is 0. The quantitative estimate of drug-likeness (QED) is 0.689. The second kappa shape index (κ2) is 8.96. The van der Waals surface area contributed by atoms with Crippen molar-refractivity contribution in [2.45, 2.75) is 13.8 Å². The van der Waals surface area contributed by atoms with Crippen molar-refractivity contribution in [3.05, 3.63) is 18.7 Å². The molecule has 0 unspecified atom stereocenters. The van der Waals surface area contributed by atoms with E-state index < -0.39 is 0 Å². The van der Waals surface area contributed by atoms with Gasteiger partial charge in [0.2, 0.25) is 0 Å². The molecule has 42 valence electrons. The van der Waals surface area contributed by atoms with E-state index in [-0.39, 0.29) is 0 Å². The van der Waals surface area contributed by atoms with Crippen molar-refractivity contribution < 1.29 is 0 Å². The molecule has 0 aliphatic heterocycles. The maximum Gasteiger partial charge on any atom is 0 e. The van der Waals surface area contributed by atoms with E-state index in [9.17, 15) is 0 Å². The van der Waals surface area contributed by atoms with E-state index in [4.69, 9.17) is 0 Å².